The van der Waals surface area contributed by atoms with Gasteiger partial charge in [0.25, 0.3) is 5.91 Å². The van der Waals surface area contributed by atoms with E-state index in [1.807, 2.05) is 74.6 Å². The van der Waals surface area contributed by atoms with Crippen molar-refractivity contribution >= 4 is 5.91 Å². The Bertz CT molecular complexity index is 904. The zero-order valence-corrected chi connectivity index (χ0v) is 15.2. The number of hydrogen-bond donors (Lipinski definition) is 1. The van der Waals surface area contributed by atoms with Crippen molar-refractivity contribution < 1.29 is 9.53 Å². The van der Waals surface area contributed by atoms with Gasteiger partial charge in [0.15, 0.2) is 0 Å². The van der Waals surface area contributed by atoms with Crippen molar-refractivity contribution in [1.82, 2.24) is 10.3 Å². The van der Waals surface area contributed by atoms with Gasteiger partial charge < -0.3 is 10.1 Å². The molecule has 0 saturated carbocycles. The summed E-state index contributed by atoms with van der Waals surface area (Å²) in [7, 11) is 1.63. The number of hydrogen-bond acceptors (Lipinski definition) is 3. The highest BCUT2D eigenvalue weighted by atomic mass is 16.5. The Labute approximate surface area is 153 Å². The molecule has 0 aliphatic heterocycles. The van der Waals surface area contributed by atoms with E-state index in [-0.39, 0.29) is 11.9 Å². The average molecular weight is 346 g/mol. The summed E-state index contributed by atoms with van der Waals surface area (Å²) in [5.41, 5.74) is 4.94. The Hall–Kier alpha value is -3.14. The normalized spacial score (nSPS) is 11.7. The number of aryl methyl sites for hydroxylation is 1. The van der Waals surface area contributed by atoms with Crippen LogP contribution in [0.25, 0.3) is 11.1 Å². The molecule has 4 nitrogen and oxygen atoms in total. The Morgan fingerprint density at radius 1 is 1.12 bits per heavy atom. The zero-order valence-electron chi connectivity index (χ0n) is 15.2. The van der Waals surface area contributed by atoms with Gasteiger partial charge in [0.2, 0.25) is 0 Å². The van der Waals surface area contributed by atoms with E-state index in [0.717, 1.165) is 28.0 Å². The number of benzene rings is 2. The maximum Gasteiger partial charge on any atom is 0.251 e. The molecule has 1 heterocycles. The average Bonchev–Trinajstić information content (AvgIpc) is 2.68. The fourth-order valence-electron chi connectivity index (χ4n) is 2.87. The SMILES string of the molecule is COc1cccc([C@H](C)NC(=O)c2ccc(-c3ccncc3C)cc2)c1. The van der Waals surface area contributed by atoms with Crippen LogP contribution in [0.15, 0.2) is 67.0 Å². The van der Waals surface area contributed by atoms with Crippen molar-refractivity contribution in [3.63, 3.8) is 0 Å². The van der Waals surface area contributed by atoms with Crippen molar-refractivity contribution in [1.29, 1.82) is 0 Å². The summed E-state index contributed by atoms with van der Waals surface area (Å²) >= 11 is 0. The second kappa shape index (κ2) is 7.83. The lowest BCUT2D eigenvalue weighted by Crippen LogP contribution is -2.26. The molecular formula is C22H22N2O2. The molecule has 132 valence electrons. The van der Waals surface area contributed by atoms with E-state index in [2.05, 4.69) is 10.3 Å². The number of carbonyl (C=O) groups is 1. The quantitative estimate of drug-likeness (QED) is 0.737. The summed E-state index contributed by atoms with van der Waals surface area (Å²) in [6.07, 6.45) is 3.62. The van der Waals surface area contributed by atoms with Gasteiger partial charge in [-0.3, -0.25) is 9.78 Å². The molecule has 0 spiro atoms. The number of methoxy groups -OCH3 is 1. The first-order valence-corrected chi connectivity index (χ1v) is 8.54. The van der Waals surface area contributed by atoms with Crippen LogP contribution in [0.4, 0.5) is 0 Å². The van der Waals surface area contributed by atoms with Crippen LogP contribution in [0.3, 0.4) is 0 Å². The van der Waals surface area contributed by atoms with Gasteiger partial charge >= 0.3 is 0 Å². The van der Waals surface area contributed by atoms with E-state index in [4.69, 9.17) is 4.74 Å². The molecule has 3 rings (SSSR count). The van der Waals surface area contributed by atoms with Crippen LogP contribution in [0.5, 0.6) is 5.75 Å². The number of nitrogens with one attached hydrogen (secondary N) is 1. The molecule has 26 heavy (non-hydrogen) atoms. The molecule has 0 bridgehead atoms. The van der Waals surface area contributed by atoms with Crippen molar-refractivity contribution in [3.05, 3.63) is 83.7 Å². The lowest BCUT2D eigenvalue weighted by atomic mass is 10.0. The molecule has 1 N–H and O–H groups in total. The lowest BCUT2D eigenvalue weighted by molar-refractivity contribution is 0.0940. The fourth-order valence-corrected chi connectivity index (χ4v) is 2.87. The van der Waals surface area contributed by atoms with E-state index in [1.54, 1.807) is 13.3 Å². The summed E-state index contributed by atoms with van der Waals surface area (Å²) in [6.45, 7) is 3.99. The number of aromatic nitrogens is 1. The van der Waals surface area contributed by atoms with Gasteiger partial charge in [-0.05, 0) is 66.4 Å². The maximum absolute atomic E-state index is 12.5. The van der Waals surface area contributed by atoms with Crippen molar-refractivity contribution in [2.24, 2.45) is 0 Å². The number of pyridine rings is 1. The molecule has 4 heteroatoms. The molecule has 0 radical (unpaired) electrons. The second-order valence-corrected chi connectivity index (χ2v) is 6.24. The van der Waals surface area contributed by atoms with Gasteiger partial charge in [-0.15, -0.1) is 0 Å². The van der Waals surface area contributed by atoms with E-state index in [1.165, 1.54) is 0 Å². The third-order valence-corrected chi connectivity index (χ3v) is 4.42. The maximum atomic E-state index is 12.5. The number of rotatable bonds is 5. The molecule has 3 aromatic rings. The Balaban J connectivity index is 1.73. The van der Waals surface area contributed by atoms with Gasteiger partial charge in [-0.25, -0.2) is 0 Å². The molecule has 1 atom stereocenters. The molecule has 2 aromatic carbocycles. The third kappa shape index (κ3) is 3.91. The van der Waals surface area contributed by atoms with E-state index >= 15 is 0 Å². The van der Waals surface area contributed by atoms with Crippen molar-refractivity contribution in [2.75, 3.05) is 7.11 Å². The van der Waals surface area contributed by atoms with Crippen LogP contribution in [-0.4, -0.2) is 18.0 Å². The predicted molar refractivity (Wildman–Crippen MR) is 103 cm³/mol. The number of amides is 1. The van der Waals surface area contributed by atoms with Gasteiger partial charge in [-0.1, -0.05) is 24.3 Å². The number of ether oxygens (including phenoxy) is 1. The van der Waals surface area contributed by atoms with Crippen LogP contribution in [-0.2, 0) is 0 Å². The molecule has 1 aromatic heterocycles. The first-order valence-electron chi connectivity index (χ1n) is 8.54. The summed E-state index contributed by atoms with van der Waals surface area (Å²) in [4.78, 5) is 16.7. The van der Waals surface area contributed by atoms with E-state index in [0.29, 0.717) is 5.56 Å². The monoisotopic (exact) mass is 346 g/mol. The van der Waals surface area contributed by atoms with Crippen LogP contribution in [0.1, 0.15) is 34.5 Å². The number of carbonyl (C=O) groups excluding carboxylic acids is 1. The third-order valence-electron chi connectivity index (χ3n) is 4.42. The molecular weight excluding hydrogens is 324 g/mol. The van der Waals surface area contributed by atoms with E-state index < -0.39 is 0 Å². The van der Waals surface area contributed by atoms with Crippen LogP contribution in [0.2, 0.25) is 0 Å². The molecule has 0 aliphatic carbocycles. The van der Waals surface area contributed by atoms with Crippen LogP contribution in [0, 0.1) is 6.92 Å². The largest absolute Gasteiger partial charge is 0.497 e. The summed E-state index contributed by atoms with van der Waals surface area (Å²) in [5, 5.41) is 3.03. The minimum atomic E-state index is -0.111. The standard InChI is InChI=1S/C22H22N2O2/c1-15-14-23-12-11-21(15)17-7-9-18(10-8-17)22(25)24-16(2)19-5-4-6-20(13-19)26-3/h4-14,16H,1-3H3,(H,24,25)/t16-/m0/s1. The van der Waals surface area contributed by atoms with Crippen molar-refractivity contribution in [2.45, 2.75) is 19.9 Å². The zero-order chi connectivity index (χ0) is 18.5. The summed E-state index contributed by atoms with van der Waals surface area (Å²) in [5.74, 6) is 0.680. The smallest absolute Gasteiger partial charge is 0.251 e. The minimum absolute atomic E-state index is 0.0988. The van der Waals surface area contributed by atoms with Gasteiger partial charge in [0.05, 0.1) is 13.2 Å². The molecule has 0 fully saturated rings. The highest BCUT2D eigenvalue weighted by Gasteiger charge is 2.12. The fraction of sp³-hybridized carbons (Fsp3) is 0.182. The Morgan fingerprint density at radius 3 is 2.58 bits per heavy atom. The number of nitrogens with zero attached hydrogens (tertiary/aromatic N) is 1. The molecule has 0 saturated heterocycles. The van der Waals surface area contributed by atoms with Crippen molar-refractivity contribution in [3.8, 4) is 16.9 Å². The second-order valence-electron chi connectivity index (χ2n) is 6.24. The molecule has 0 unspecified atom stereocenters. The van der Waals surface area contributed by atoms with Gasteiger partial charge in [0, 0.05) is 18.0 Å². The predicted octanol–water partition coefficient (Wildman–Crippen LogP) is 4.56. The lowest BCUT2D eigenvalue weighted by Gasteiger charge is -2.15. The first-order chi connectivity index (χ1) is 12.6. The van der Waals surface area contributed by atoms with Gasteiger partial charge in [-0.2, -0.15) is 0 Å². The van der Waals surface area contributed by atoms with Gasteiger partial charge in [0.1, 0.15) is 5.75 Å². The Morgan fingerprint density at radius 2 is 1.88 bits per heavy atom. The highest BCUT2D eigenvalue weighted by Crippen LogP contribution is 2.23. The van der Waals surface area contributed by atoms with E-state index in [9.17, 15) is 4.79 Å². The topological polar surface area (TPSA) is 51.2 Å². The van der Waals surface area contributed by atoms with Crippen LogP contribution < -0.4 is 10.1 Å². The summed E-state index contributed by atoms with van der Waals surface area (Å²) in [6, 6.07) is 17.2. The highest BCUT2D eigenvalue weighted by molar-refractivity contribution is 5.95. The molecule has 1 amide bonds. The van der Waals surface area contributed by atoms with Crippen LogP contribution >= 0.6 is 0 Å². The Kier molecular flexibility index (Phi) is 5.32. The molecule has 0 aliphatic rings. The first kappa shape index (κ1) is 17.7. The minimum Gasteiger partial charge on any atom is -0.497 e. The summed E-state index contributed by atoms with van der Waals surface area (Å²) < 4.78 is 5.24.